The van der Waals surface area contributed by atoms with E-state index >= 15 is 0 Å². The van der Waals surface area contributed by atoms with Gasteiger partial charge < -0.3 is 4.90 Å². The minimum Gasteiger partial charge on any atom is -0.361 e. The molecule has 0 fully saturated rings. The Kier molecular flexibility index (Phi) is 5.27. The second kappa shape index (κ2) is 7.43. The minimum atomic E-state index is -0.119. The third kappa shape index (κ3) is 3.22. The molecule has 0 N–H and O–H groups in total. The molecule has 2 aromatic carbocycles. The van der Waals surface area contributed by atoms with Crippen LogP contribution in [0.3, 0.4) is 0 Å². The number of rotatable bonds is 6. The second-order valence-electron chi connectivity index (χ2n) is 6.96. The molecule has 0 saturated carbocycles. The number of ketones is 1. The Balaban J connectivity index is 1.98. The highest BCUT2D eigenvalue weighted by molar-refractivity contribution is 6.04. The molecule has 0 spiro atoms. The lowest BCUT2D eigenvalue weighted by molar-refractivity contribution is 0.0963. The van der Waals surface area contributed by atoms with Crippen LogP contribution in [0.2, 0.25) is 0 Å². The van der Waals surface area contributed by atoms with Gasteiger partial charge in [-0.05, 0) is 60.9 Å². The summed E-state index contributed by atoms with van der Waals surface area (Å²) in [4.78, 5) is 15.7. The summed E-state index contributed by atoms with van der Waals surface area (Å²) in [6.07, 6.45) is 3.86. The van der Waals surface area contributed by atoms with Crippen LogP contribution in [-0.4, -0.2) is 18.4 Å². The van der Waals surface area contributed by atoms with E-state index in [0.717, 1.165) is 37.8 Å². The molecule has 1 aliphatic rings. The number of carbonyl (C=O) groups is 1. The molecule has 2 nitrogen and oxygen atoms in total. The van der Waals surface area contributed by atoms with E-state index in [9.17, 15) is 4.79 Å². The van der Waals surface area contributed by atoms with Gasteiger partial charge in [-0.25, -0.2) is 0 Å². The Labute approximate surface area is 151 Å². The van der Waals surface area contributed by atoms with Gasteiger partial charge in [0, 0.05) is 17.8 Å². The fourth-order valence-corrected chi connectivity index (χ4v) is 4.03. The molecule has 1 unspecified atom stereocenters. The summed E-state index contributed by atoms with van der Waals surface area (Å²) in [7, 11) is 0. The highest BCUT2D eigenvalue weighted by Gasteiger charge is 2.30. The van der Waals surface area contributed by atoms with E-state index in [4.69, 9.17) is 0 Å². The van der Waals surface area contributed by atoms with Gasteiger partial charge in [-0.2, -0.15) is 0 Å². The van der Waals surface area contributed by atoms with Crippen molar-refractivity contribution in [1.29, 1.82) is 0 Å². The summed E-state index contributed by atoms with van der Waals surface area (Å²) < 4.78 is 0. The largest absolute Gasteiger partial charge is 0.361 e. The van der Waals surface area contributed by atoms with Gasteiger partial charge in [0.25, 0.3) is 0 Å². The van der Waals surface area contributed by atoms with Crippen molar-refractivity contribution >= 4 is 11.5 Å². The van der Waals surface area contributed by atoms with Crippen LogP contribution in [0, 0.1) is 0 Å². The van der Waals surface area contributed by atoms with Crippen molar-refractivity contribution in [3.05, 3.63) is 64.2 Å². The van der Waals surface area contributed by atoms with Gasteiger partial charge in [-0.3, -0.25) is 4.79 Å². The van der Waals surface area contributed by atoms with Gasteiger partial charge >= 0.3 is 0 Å². The maximum absolute atomic E-state index is 13.5. The van der Waals surface area contributed by atoms with Crippen molar-refractivity contribution in [2.24, 2.45) is 0 Å². The zero-order valence-electron chi connectivity index (χ0n) is 15.9. The van der Waals surface area contributed by atoms with E-state index in [1.165, 1.54) is 27.9 Å². The van der Waals surface area contributed by atoms with E-state index in [2.05, 4.69) is 69.0 Å². The van der Waals surface area contributed by atoms with Gasteiger partial charge in [-0.15, -0.1) is 0 Å². The first-order chi connectivity index (χ1) is 12.1. The number of para-hydroxylation sites is 1. The lowest BCUT2D eigenvalue weighted by Gasteiger charge is -2.28. The van der Waals surface area contributed by atoms with Crippen molar-refractivity contribution in [2.45, 2.75) is 59.4 Å². The predicted octanol–water partition coefficient (Wildman–Crippen LogP) is 5.01. The lowest BCUT2D eigenvalue weighted by atomic mass is 9.89. The Bertz CT molecular complexity index is 752. The summed E-state index contributed by atoms with van der Waals surface area (Å²) in [6, 6.07) is 12.8. The van der Waals surface area contributed by atoms with Crippen molar-refractivity contribution in [1.82, 2.24) is 0 Å². The van der Waals surface area contributed by atoms with Crippen LogP contribution in [0.4, 0.5) is 5.69 Å². The van der Waals surface area contributed by atoms with E-state index in [1.54, 1.807) is 0 Å². The smallest absolute Gasteiger partial charge is 0.185 e. The van der Waals surface area contributed by atoms with Gasteiger partial charge in [0.2, 0.25) is 0 Å². The SMILES string of the molecule is CCc1cc(CC)c(C(=O)C(C)N2CCc3ccccc32)c(CC)c1. The molecule has 0 radical (unpaired) electrons. The summed E-state index contributed by atoms with van der Waals surface area (Å²) in [5.41, 5.74) is 7.31. The number of nitrogens with zero attached hydrogens (tertiary/aromatic N) is 1. The molecule has 1 heterocycles. The molecule has 0 aromatic heterocycles. The highest BCUT2D eigenvalue weighted by Crippen LogP contribution is 2.31. The third-order valence-corrected chi connectivity index (χ3v) is 5.55. The number of carbonyl (C=O) groups excluding carboxylic acids is 1. The quantitative estimate of drug-likeness (QED) is 0.692. The second-order valence-corrected chi connectivity index (χ2v) is 6.96. The van der Waals surface area contributed by atoms with Crippen LogP contribution in [0.5, 0.6) is 0 Å². The predicted molar refractivity (Wildman–Crippen MR) is 106 cm³/mol. The number of fused-ring (bicyclic) bond motifs is 1. The third-order valence-electron chi connectivity index (χ3n) is 5.55. The molecule has 1 aliphatic heterocycles. The molecule has 2 heteroatoms. The molecule has 0 amide bonds. The molecule has 2 aromatic rings. The first kappa shape index (κ1) is 17.7. The maximum atomic E-state index is 13.5. The van der Waals surface area contributed by atoms with Gasteiger partial charge in [-0.1, -0.05) is 51.1 Å². The lowest BCUT2D eigenvalue weighted by Crippen LogP contribution is -2.38. The highest BCUT2D eigenvalue weighted by atomic mass is 16.1. The van der Waals surface area contributed by atoms with Gasteiger partial charge in [0.05, 0.1) is 6.04 Å². The molecular formula is C23H29NO. The molecule has 0 bridgehead atoms. The fourth-order valence-electron chi connectivity index (χ4n) is 4.03. The van der Waals surface area contributed by atoms with Crippen molar-refractivity contribution in [3.8, 4) is 0 Å². The molecule has 1 atom stereocenters. The maximum Gasteiger partial charge on any atom is 0.185 e. The summed E-state index contributed by atoms with van der Waals surface area (Å²) in [6.45, 7) is 9.49. The van der Waals surface area contributed by atoms with E-state index < -0.39 is 0 Å². The number of anilines is 1. The molecule has 25 heavy (non-hydrogen) atoms. The topological polar surface area (TPSA) is 20.3 Å². The number of Topliss-reactive ketones (excluding diaryl/α,β-unsaturated/α-hetero) is 1. The van der Waals surface area contributed by atoms with Crippen molar-refractivity contribution in [2.75, 3.05) is 11.4 Å². The van der Waals surface area contributed by atoms with Crippen molar-refractivity contribution < 1.29 is 4.79 Å². The number of aryl methyl sites for hydroxylation is 3. The van der Waals surface area contributed by atoms with Crippen molar-refractivity contribution in [3.63, 3.8) is 0 Å². The summed E-state index contributed by atoms with van der Waals surface area (Å²) >= 11 is 0. The van der Waals surface area contributed by atoms with E-state index in [1.807, 2.05) is 0 Å². The zero-order valence-corrected chi connectivity index (χ0v) is 15.9. The standard InChI is InChI=1S/C23H29NO/c1-5-17-14-18(6-2)22(19(7-3)15-17)23(25)16(4)24-13-12-20-10-8-9-11-21(20)24/h8-11,14-16H,5-7,12-13H2,1-4H3. The van der Waals surface area contributed by atoms with Crippen LogP contribution in [-0.2, 0) is 25.7 Å². The Morgan fingerprint density at radius 2 is 1.68 bits per heavy atom. The Morgan fingerprint density at radius 1 is 1.04 bits per heavy atom. The van der Waals surface area contributed by atoms with Gasteiger partial charge in [0.15, 0.2) is 5.78 Å². The normalized spacial score (nSPS) is 14.5. The summed E-state index contributed by atoms with van der Waals surface area (Å²) in [5.74, 6) is 0.271. The van der Waals surface area contributed by atoms with E-state index in [-0.39, 0.29) is 11.8 Å². The molecule has 0 aliphatic carbocycles. The zero-order chi connectivity index (χ0) is 18.0. The first-order valence-corrected chi connectivity index (χ1v) is 9.64. The minimum absolute atomic E-state index is 0.119. The van der Waals surface area contributed by atoms with Crippen LogP contribution in [0.25, 0.3) is 0 Å². The molecular weight excluding hydrogens is 306 g/mol. The first-order valence-electron chi connectivity index (χ1n) is 9.64. The summed E-state index contributed by atoms with van der Waals surface area (Å²) in [5, 5.41) is 0. The van der Waals surface area contributed by atoms with E-state index in [0.29, 0.717) is 0 Å². The van der Waals surface area contributed by atoms with Gasteiger partial charge in [0.1, 0.15) is 0 Å². The molecule has 3 rings (SSSR count). The van der Waals surface area contributed by atoms with Crippen LogP contribution in [0.15, 0.2) is 36.4 Å². The fraction of sp³-hybridized carbons (Fsp3) is 0.435. The van der Waals surface area contributed by atoms with Crippen LogP contribution < -0.4 is 4.90 Å². The Morgan fingerprint density at radius 3 is 2.28 bits per heavy atom. The Hall–Kier alpha value is -2.09. The average molecular weight is 335 g/mol. The molecule has 132 valence electrons. The molecule has 0 saturated heterocycles. The number of hydrogen-bond donors (Lipinski definition) is 0. The average Bonchev–Trinajstić information content (AvgIpc) is 3.09. The monoisotopic (exact) mass is 335 g/mol. The number of hydrogen-bond acceptors (Lipinski definition) is 2. The van der Waals surface area contributed by atoms with Crippen LogP contribution in [0.1, 0.15) is 60.3 Å². The number of benzene rings is 2. The van der Waals surface area contributed by atoms with Crippen LogP contribution >= 0.6 is 0 Å².